The van der Waals surface area contributed by atoms with Gasteiger partial charge in [0.2, 0.25) is 0 Å². The van der Waals surface area contributed by atoms with E-state index in [1.54, 1.807) is 7.11 Å². The average molecular weight is 573 g/mol. The SMILES string of the molecule is COc1ccc(CN2CCN(C(=O)c3ccc(Oc4ccc(C5CCC6(CC5)OCCO6)cc4CO)cc3)CC2)cc1. The number of benzene rings is 3. The van der Waals surface area contributed by atoms with Gasteiger partial charge in [-0.25, -0.2) is 0 Å². The van der Waals surface area contributed by atoms with Crippen molar-refractivity contribution in [3.63, 3.8) is 0 Å². The smallest absolute Gasteiger partial charge is 0.253 e. The van der Waals surface area contributed by atoms with Gasteiger partial charge < -0.3 is 29.0 Å². The molecule has 2 saturated heterocycles. The largest absolute Gasteiger partial charge is 0.497 e. The van der Waals surface area contributed by atoms with Crippen molar-refractivity contribution < 1.29 is 28.8 Å². The minimum atomic E-state index is -0.376. The highest BCUT2D eigenvalue weighted by molar-refractivity contribution is 5.94. The molecule has 2 heterocycles. The Kier molecular flexibility index (Phi) is 8.76. The van der Waals surface area contributed by atoms with Crippen LogP contribution < -0.4 is 9.47 Å². The summed E-state index contributed by atoms with van der Waals surface area (Å²) in [6.45, 7) is 5.19. The summed E-state index contributed by atoms with van der Waals surface area (Å²) in [4.78, 5) is 17.5. The number of aliphatic hydroxyl groups excluding tert-OH is 1. The molecule has 42 heavy (non-hydrogen) atoms. The molecule has 0 aromatic heterocycles. The fourth-order valence-corrected chi connectivity index (χ4v) is 6.33. The number of carbonyl (C=O) groups excluding carboxylic acids is 1. The first-order chi connectivity index (χ1) is 20.5. The molecule has 3 aromatic rings. The Morgan fingerprint density at radius 2 is 1.57 bits per heavy atom. The van der Waals surface area contributed by atoms with Crippen LogP contribution in [0.1, 0.15) is 58.6 Å². The van der Waals surface area contributed by atoms with E-state index in [0.717, 1.165) is 56.6 Å². The van der Waals surface area contributed by atoms with Gasteiger partial charge in [-0.2, -0.15) is 0 Å². The van der Waals surface area contributed by atoms with E-state index in [1.165, 1.54) is 11.1 Å². The molecule has 6 rings (SSSR count). The monoisotopic (exact) mass is 572 g/mol. The second-order valence-corrected chi connectivity index (χ2v) is 11.5. The van der Waals surface area contributed by atoms with E-state index in [-0.39, 0.29) is 18.3 Å². The van der Waals surface area contributed by atoms with Gasteiger partial charge in [0.15, 0.2) is 5.79 Å². The van der Waals surface area contributed by atoms with Gasteiger partial charge in [-0.15, -0.1) is 0 Å². The van der Waals surface area contributed by atoms with Crippen LogP contribution >= 0.6 is 0 Å². The van der Waals surface area contributed by atoms with Crippen LogP contribution in [0.5, 0.6) is 17.2 Å². The summed E-state index contributed by atoms with van der Waals surface area (Å²) >= 11 is 0. The van der Waals surface area contributed by atoms with Crippen molar-refractivity contribution in [3.8, 4) is 17.2 Å². The van der Waals surface area contributed by atoms with Crippen molar-refractivity contribution in [1.29, 1.82) is 0 Å². The molecular weight excluding hydrogens is 532 g/mol. The predicted octanol–water partition coefficient (Wildman–Crippen LogP) is 5.34. The predicted molar refractivity (Wildman–Crippen MR) is 159 cm³/mol. The maximum absolute atomic E-state index is 13.2. The van der Waals surface area contributed by atoms with E-state index in [9.17, 15) is 9.90 Å². The molecule has 1 amide bonds. The van der Waals surface area contributed by atoms with Crippen LogP contribution in [0.25, 0.3) is 0 Å². The van der Waals surface area contributed by atoms with Crippen LogP contribution in [0.2, 0.25) is 0 Å². The van der Waals surface area contributed by atoms with Gasteiger partial charge in [-0.1, -0.05) is 18.2 Å². The van der Waals surface area contributed by atoms with Gasteiger partial charge in [-0.3, -0.25) is 9.69 Å². The Morgan fingerprint density at radius 1 is 0.905 bits per heavy atom. The molecule has 2 aliphatic heterocycles. The summed E-state index contributed by atoms with van der Waals surface area (Å²) in [6.07, 6.45) is 3.79. The minimum Gasteiger partial charge on any atom is -0.497 e. The standard InChI is InChI=1S/C34H40N2O6/c1-39-30-7-2-25(3-8-30)23-35-16-18-36(19-17-35)33(38)27-4-9-31(10-5-27)42-32-11-6-28(22-29(32)24-37)26-12-14-34(15-13-26)40-20-21-41-34/h2-11,22,26,37H,12-21,23-24H2,1H3. The van der Waals surface area contributed by atoms with Crippen LogP contribution in [0.3, 0.4) is 0 Å². The summed E-state index contributed by atoms with van der Waals surface area (Å²) in [5.74, 6) is 2.19. The zero-order chi connectivity index (χ0) is 28.9. The van der Waals surface area contributed by atoms with Crippen LogP contribution in [0.15, 0.2) is 66.7 Å². The number of hydrogen-bond acceptors (Lipinski definition) is 7. The van der Waals surface area contributed by atoms with Crippen LogP contribution in [-0.2, 0) is 22.6 Å². The average Bonchev–Trinajstić information content (AvgIpc) is 3.50. The highest BCUT2D eigenvalue weighted by Crippen LogP contribution is 2.43. The Bertz CT molecular complexity index is 1340. The number of nitrogens with zero attached hydrogens (tertiary/aromatic N) is 2. The highest BCUT2D eigenvalue weighted by Gasteiger charge is 2.40. The number of piperazine rings is 1. The molecule has 0 bridgehead atoms. The maximum Gasteiger partial charge on any atom is 0.253 e. The summed E-state index contributed by atoms with van der Waals surface area (Å²) < 4.78 is 23.1. The number of hydrogen-bond donors (Lipinski definition) is 1. The number of carbonyl (C=O) groups is 1. The molecule has 0 unspecified atom stereocenters. The van der Waals surface area contributed by atoms with E-state index >= 15 is 0 Å². The lowest BCUT2D eigenvalue weighted by Crippen LogP contribution is -2.48. The molecule has 1 saturated carbocycles. The van der Waals surface area contributed by atoms with E-state index in [4.69, 9.17) is 18.9 Å². The van der Waals surface area contributed by atoms with Crippen molar-refractivity contribution in [2.24, 2.45) is 0 Å². The fourth-order valence-electron chi connectivity index (χ4n) is 6.33. The second-order valence-electron chi connectivity index (χ2n) is 11.5. The normalized spacial score (nSPS) is 19.2. The van der Waals surface area contributed by atoms with Crippen molar-refractivity contribution in [2.45, 2.75) is 50.5 Å². The molecule has 3 fully saturated rings. The number of amides is 1. The molecule has 0 radical (unpaired) electrons. The Balaban J connectivity index is 1.02. The van der Waals surface area contributed by atoms with Gasteiger partial charge in [0.05, 0.1) is 26.9 Å². The molecule has 3 aliphatic rings. The van der Waals surface area contributed by atoms with Crippen LogP contribution in [0.4, 0.5) is 0 Å². The molecule has 8 heteroatoms. The zero-order valence-electron chi connectivity index (χ0n) is 24.3. The quantitative estimate of drug-likeness (QED) is 0.390. The lowest BCUT2D eigenvalue weighted by atomic mass is 9.80. The third kappa shape index (κ3) is 6.47. The topological polar surface area (TPSA) is 80.7 Å². The molecule has 1 aliphatic carbocycles. The van der Waals surface area contributed by atoms with Crippen molar-refractivity contribution >= 4 is 5.91 Å². The molecule has 1 spiro atoms. The van der Waals surface area contributed by atoms with Crippen molar-refractivity contribution in [3.05, 3.63) is 89.0 Å². The number of methoxy groups -OCH3 is 1. The lowest BCUT2D eigenvalue weighted by Gasteiger charge is -2.35. The van der Waals surface area contributed by atoms with Gasteiger partial charge in [-0.05, 0) is 78.4 Å². The number of aliphatic hydroxyl groups is 1. The highest BCUT2D eigenvalue weighted by atomic mass is 16.7. The van der Waals surface area contributed by atoms with Crippen molar-refractivity contribution in [2.75, 3.05) is 46.5 Å². The maximum atomic E-state index is 13.2. The fraction of sp³-hybridized carbons (Fsp3) is 0.441. The summed E-state index contributed by atoms with van der Waals surface area (Å²) in [5, 5.41) is 10.1. The third-order valence-corrected chi connectivity index (χ3v) is 8.84. The van der Waals surface area contributed by atoms with Crippen LogP contribution in [0, 0.1) is 0 Å². The summed E-state index contributed by atoms with van der Waals surface area (Å²) in [5.41, 5.74) is 3.86. The van der Waals surface area contributed by atoms with E-state index in [0.29, 0.717) is 49.3 Å². The van der Waals surface area contributed by atoms with Gasteiger partial charge in [0.1, 0.15) is 17.2 Å². The first-order valence-electron chi connectivity index (χ1n) is 15.0. The Labute approximate surface area is 247 Å². The summed E-state index contributed by atoms with van der Waals surface area (Å²) in [7, 11) is 1.67. The molecule has 8 nitrogen and oxygen atoms in total. The first-order valence-corrected chi connectivity index (χ1v) is 15.0. The second kappa shape index (κ2) is 12.8. The molecule has 3 aromatic carbocycles. The molecule has 0 atom stereocenters. The summed E-state index contributed by atoms with van der Waals surface area (Å²) in [6, 6.07) is 21.5. The zero-order valence-corrected chi connectivity index (χ0v) is 24.3. The first kappa shape index (κ1) is 28.7. The lowest BCUT2D eigenvalue weighted by molar-refractivity contribution is -0.178. The molecule has 1 N–H and O–H groups in total. The molecular formula is C34H40N2O6. The number of rotatable bonds is 8. The Morgan fingerprint density at radius 3 is 2.21 bits per heavy atom. The molecule has 222 valence electrons. The van der Waals surface area contributed by atoms with Gasteiger partial charge in [0, 0.05) is 56.7 Å². The van der Waals surface area contributed by atoms with E-state index in [2.05, 4.69) is 29.2 Å². The van der Waals surface area contributed by atoms with E-state index in [1.807, 2.05) is 47.4 Å². The Hall–Kier alpha value is -3.43. The number of ether oxygens (including phenoxy) is 4. The van der Waals surface area contributed by atoms with E-state index < -0.39 is 0 Å². The van der Waals surface area contributed by atoms with Gasteiger partial charge >= 0.3 is 0 Å². The van der Waals surface area contributed by atoms with Crippen LogP contribution in [-0.4, -0.2) is 73.1 Å². The van der Waals surface area contributed by atoms with Gasteiger partial charge in [0.25, 0.3) is 5.91 Å². The van der Waals surface area contributed by atoms with Crippen molar-refractivity contribution in [1.82, 2.24) is 9.80 Å². The minimum absolute atomic E-state index is 0.0358. The third-order valence-electron chi connectivity index (χ3n) is 8.84.